The molecule has 0 aliphatic heterocycles. The number of carbonyl (C=O) groups excluding carboxylic acids is 2. The van der Waals surface area contributed by atoms with E-state index in [9.17, 15) is 9.59 Å². The molecule has 0 saturated heterocycles. The van der Waals surface area contributed by atoms with Crippen LogP contribution >= 0.6 is 0 Å². The molecule has 2 aromatic rings. The van der Waals surface area contributed by atoms with Gasteiger partial charge in [0.1, 0.15) is 5.75 Å². The number of nitrogens with one attached hydrogen (secondary N) is 1. The second kappa shape index (κ2) is 8.15. The van der Waals surface area contributed by atoms with Gasteiger partial charge in [0.25, 0.3) is 5.91 Å². The molecule has 0 bridgehead atoms. The summed E-state index contributed by atoms with van der Waals surface area (Å²) >= 11 is 0. The summed E-state index contributed by atoms with van der Waals surface area (Å²) in [6.45, 7) is 4.28. The Labute approximate surface area is 141 Å². The number of benzene rings is 2. The minimum Gasteiger partial charge on any atom is -0.491 e. The molecule has 0 heterocycles. The lowest BCUT2D eigenvalue weighted by atomic mass is 10.1. The van der Waals surface area contributed by atoms with Crippen molar-refractivity contribution in [3.8, 4) is 5.75 Å². The minimum atomic E-state index is -0.380. The van der Waals surface area contributed by atoms with Crippen LogP contribution in [0.4, 0.5) is 0 Å². The predicted octanol–water partition coefficient (Wildman–Crippen LogP) is 3.19. The van der Waals surface area contributed by atoms with Crippen molar-refractivity contribution in [2.45, 2.75) is 26.5 Å². The van der Waals surface area contributed by atoms with Gasteiger partial charge < -0.3 is 14.8 Å². The van der Waals surface area contributed by atoms with E-state index in [0.29, 0.717) is 17.7 Å². The second-order valence-electron chi connectivity index (χ2n) is 5.56. The summed E-state index contributed by atoms with van der Waals surface area (Å²) in [6.07, 6.45) is 0.0950. The van der Waals surface area contributed by atoms with Crippen molar-refractivity contribution in [3.05, 3.63) is 65.2 Å². The normalized spacial score (nSPS) is 10.3. The Balaban J connectivity index is 1.91. The van der Waals surface area contributed by atoms with Crippen molar-refractivity contribution in [2.75, 3.05) is 7.11 Å². The molecule has 0 aliphatic carbocycles. The monoisotopic (exact) mass is 327 g/mol. The van der Waals surface area contributed by atoms with Crippen molar-refractivity contribution >= 4 is 11.9 Å². The standard InChI is InChI=1S/C19H21NO4/c1-13(2)24-17-10-8-15(9-11-17)18(21)20-12-14-4-6-16(7-5-14)19(22)23-3/h4-11,13H,12H2,1-3H3,(H,20,21). The molecule has 1 N–H and O–H groups in total. The molecule has 1 amide bonds. The molecule has 0 atom stereocenters. The summed E-state index contributed by atoms with van der Waals surface area (Å²) in [6, 6.07) is 13.9. The molecular weight excluding hydrogens is 306 g/mol. The van der Waals surface area contributed by atoms with Crippen molar-refractivity contribution < 1.29 is 19.1 Å². The summed E-state index contributed by atoms with van der Waals surface area (Å²) in [5.74, 6) is 0.192. The highest BCUT2D eigenvalue weighted by Crippen LogP contribution is 2.14. The van der Waals surface area contributed by atoms with Gasteiger partial charge in [0.2, 0.25) is 0 Å². The lowest BCUT2D eigenvalue weighted by Gasteiger charge is -2.10. The topological polar surface area (TPSA) is 64.6 Å². The Morgan fingerprint density at radius 1 is 0.958 bits per heavy atom. The zero-order valence-electron chi connectivity index (χ0n) is 14.0. The Hall–Kier alpha value is -2.82. The highest BCUT2D eigenvalue weighted by molar-refractivity contribution is 5.94. The van der Waals surface area contributed by atoms with Crippen LogP contribution < -0.4 is 10.1 Å². The van der Waals surface area contributed by atoms with Gasteiger partial charge in [-0.2, -0.15) is 0 Å². The number of rotatable bonds is 6. The zero-order valence-corrected chi connectivity index (χ0v) is 14.0. The van der Waals surface area contributed by atoms with Gasteiger partial charge in [0.05, 0.1) is 18.8 Å². The number of ether oxygens (including phenoxy) is 2. The zero-order chi connectivity index (χ0) is 17.5. The van der Waals surface area contributed by atoms with E-state index < -0.39 is 0 Å². The summed E-state index contributed by atoms with van der Waals surface area (Å²) in [7, 11) is 1.34. The van der Waals surface area contributed by atoms with Crippen LogP contribution in [-0.4, -0.2) is 25.1 Å². The van der Waals surface area contributed by atoms with Crippen LogP contribution in [0.2, 0.25) is 0 Å². The van der Waals surface area contributed by atoms with Gasteiger partial charge in [-0.15, -0.1) is 0 Å². The molecule has 0 spiro atoms. The second-order valence-corrected chi connectivity index (χ2v) is 5.56. The highest BCUT2D eigenvalue weighted by atomic mass is 16.5. The molecular formula is C19H21NO4. The van der Waals surface area contributed by atoms with Crippen LogP contribution in [0.1, 0.15) is 40.1 Å². The third-order valence-corrected chi connectivity index (χ3v) is 3.32. The number of methoxy groups -OCH3 is 1. The molecule has 0 saturated carbocycles. The average Bonchev–Trinajstić information content (AvgIpc) is 2.59. The molecule has 2 rings (SSSR count). The summed E-state index contributed by atoms with van der Waals surface area (Å²) < 4.78 is 10.2. The Bertz CT molecular complexity index is 690. The Kier molecular flexibility index (Phi) is 5.95. The first-order valence-electron chi connectivity index (χ1n) is 7.71. The molecule has 0 aromatic heterocycles. The number of hydrogen-bond acceptors (Lipinski definition) is 4. The molecule has 126 valence electrons. The lowest BCUT2D eigenvalue weighted by molar-refractivity contribution is 0.0600. The van der Waals surface area contributed by atoms with E-state index in [4.69, 9.17) is 4.74 Å². The van der Waals surface area contributed by atoms with Crippen LogP contribution in [-0.2, 0) is 11.3 Å². The van der Waals surface area contributed by atoms with E-state index in [1.807, 2.05) is 13.8 Å². The van der Waals surface area contributed by atoms with Crippen LogP contribution in [0.15, 0.2) is 48.5 Å². The molecule has 5 nitrogen and oxygen atoms in total. The lowest BCUT2D eigenvalue weighted by Crippen LogP contribution is -2.22. The van der Waals surface area contributed by atoms with Crippen LogP contribution in [0, 0.1) is 0 Å². The Morgan fingerprint density at radius 3 is 2.08 bits per heavy atom. The fourth-order valence-electron chi connectivity index (χ4n) is 2.12. The first-order chi connectivity index (χ1) is 11.5. The van der Waals surface area contributed by atoms with Gasteiger partial charge in [0.15, 0.2) is 0 Å². The highest BCUT2D eigenvalue weighted by Gasteiger charge is 2.07. The maximum Gasteiger partial charge on any atom is 0.337 e. The van der Waals surface area contributed by atoms with E-state index in [0.717, 1.165) is 11.3 Å². The van der Waals surface area contributed by atoms with Gasteiger partial charge in [-0.3, -0.25) is 4.79 Å². The maximum atomic E-state index is 12.1. The van der Waals surface area contributed by atoms with Gasteiger partial charge in [-0.1, -0.05) is 12.1 Å². The average molecular weight is 327 g/mol. The summed E-state index contributed by atoms with van der Waals surface area (Å²) in [4.78, 5) is 23.5. The first-order valence-corrected chi connectivity index (χ1v) is 7.71. The van der Waals surface area contributed by atoms with E-state index in [2.05, 4.69) is 10.1 Å². The number of esters is 1. The molecule has 24 heavy (non-hydrogen) atoms. The van der Waals surface area contributed by atoms with Crippen LogP contribution in [0.3, 0.4) is 0 Å². The van der Waals surface area contributed by atoms with Crippen molar-refractivity contribution in [2.24, 2.45) is 0 Å². The van der Waals surface area contributed by atoms with Crippen LogP contribution in [0.25, 0.3) is 0 Å². The predicted molar refractivity (Wildman–Crippen MR) is 91.2 cm³/mol. The molecule has 0 unspecified atom stereocenters. The van der Waals surface area contributed by atoms with E-state index in [1.165, 1.54) is 7.11 Å². The quantitative estimate of drug-likeness (QED) is 0.828. The number of carbonyl (C=O) groups is 2. The number of amides is 1. The summed E-state index contributed by atoms with van der Waals surface area (Å²) in [5.41, 5.74) is 1.95. The third-order valence-electron chi connectivity index (χ3n) is 3.32. The molecule has 0 radical (unpaired) electrons. The smallest absolute Gasteiger partial charge is 0.337 e. The van der Waals surface area contributed by atoms with E-state index in [1.54, 1.807) is 48.5 Å². The molecule has 0 aliphatic rings. The van der Waals surface area contributed by atoms with E-state index >= 15 is 0 Å². The van der Waals surface area contributed by atoms with Crippen molar-refractivity contribution in [3.63, 3.8) is 0 Å². The minimum absolute atomic E-state index is 0.0950. The SMILES string of the molecule is COC(=O)c1ccc(CNC(=O)c2ccc(OC(C)C)cc2)cc1. The molecule has 0 fully saturated rings. The van der Waals surface area contributed by atoms with Crippen LogP contribution in [0.5, 0.6) is 5.75 Å². The third kappa shape index (κ3) is 4.84. The summed E-state index contributed by atoms with van der Waals surface area (Å²) in [5, 5.41) is 2.84. The fraction of sp³-hybridized carbons (Fsp3) is 0.263. The number of hydrogen-bond donors (Lipinski definition) is 1. The first kappa shape index (κ1) is 17.5. The van der Waals surface area contributed by atoms with E-state index in [-0.39, 0.29) is 18.0 Å². The maximum absolute atomic E-state index is 12.1. The molecule has 5 heteroatoms. The van der Waals surface area contributed by atoms with Crippen molar-refractivity contribution in [1.82, 2.24) is 5.32 Å². The largest absolute Gasteiger partial charge is 0.491 e. The fourth-order valence-corrected chi connectivity index (χ4v) is 2.12. The Morgan fingerprint density at radius 2 is 1.54 bits per heavy atom. The van der Waals surface area contributed by atoms with Gasteiger partial charge in [0, 0.05) is 12.1 Å². The van der Waals surface area contributed by atoms with Gasteiger partial charge in [-0.05, 0) is 55.8 Å². The van der Waals surface area contributed by atoms with Crippen molar-refractivity contribution in [1.29, 1.82) is 0 Å². The van der Waals surface area contributed by atoms with Gasteiger partial charge in [-0.25, -0.2) is 4.79 Å². The van der Waals surface area contributed by atoms with Gasteiger partial charge >= 0.3 is 5.97 Å². The molecule has 2 aromatic carbocycles.